The number of nitrogen functional groups attached to an aromatic ring is 1. The number of pyridine rings is 1. The maximum Gasteiger partial charge on any atom is 0.294 e. The number of nitrogens with two attached hydrogens (primary N) is 1. The SMILES string of the molecule is CN(C)CCCNCc1nc(NC(=O)c2nc(N)c3sccc3n2)cc2ccccc12. The van der Waals surface area contributed by atoms with Crippen LogP contribution in [0.5, 0.6) is 0 Å². The van der Waals surface area contributed by atoms with Crippen LogP contribution in [0.15, 0.2) is 41.8 Å². The molecular formula is C22H25N7OS. The molecule has 8 nitrogen and oxygen atoms in total. The third kappa shape index (κ3) is 4.96. The number of hydrogen-bond donors (Lipinski definition) is 3. The number of carbonyl (C=O) groups is 1. The second-order valence-electron chi connectivity index (χ2n) is 7.53. The maximum atomic E-state index is 12.8. The van der Waals surface area contributed by atoms with Crippen LogP contribution < -0.4 is 16.4 Å². The van der Waals surface area contributed by atoms with Crippen LogP contribution in [-0.2, 0) is 6.54 Å². The molecular weight excluding hydrogens is 410 g/mol. The van der Waals surface area contributed by atoms with E-state index >= 15 is 0 Å². The van der Waals surface area contributed by atoms with E-state index in [4.69, 9.17) is 5.73 Å². The van der Waals surface area contributed by atoms with Gasteiger partial charge in [0.15, 0.2) is 0 Å². The van der Waals surface area contributed by atoms with Gasteiger partial charge in [-0.05, 0) is 56.5 Å². The molecule has 0 saturated heterocycles. The second kappa shape index (κ2) is 9.34. The van der Waals surface area contributed by atoms with Gasteiger partial charge in [-0.3, -0.25) is 4.79 Å². The number of nitrogens with one attached hydrogen (secondary N) is 2. The molecule has 31 heavy (non-hydrogen) atoms. The topological polar surface area (TPSA) is 109 Å². The molecule has 0 unspecified atom stereocenters. The third-order valence-corrected chi connectivity index (χ3v) is 5.77. The maximum absolute atomic E-state index is 12.8. The summed E-state index contributed by atoms with van der Waals surface area (Å²) in [6.45, 7) is 2.52. The number of thiophene rings is 1. The Balaban J connectivity index is 1.54. The number of amides is 1. The Morgan fingerprint density at radius 3 is 2.84 bits per heavy atom. The van der Waals surface area contributed by atoms with Gasteiger partial charge in [0.05, 0.1) is 15.9 Å². The van der Waals surface area contributed by atoms with Crippen molar-refractivity contribution < 1.29 is 4.79 Å². The molecule has 3 heterocycles. The van der Waals surface area contributed by atoms with E-state index < -0.39 is 5.91 Å². The predicted octanol–water partition coefficient (Wildman–Crippen LogP) is 3.12. The van der Waals surface area contributed by atoms with Crippen molar-refractivity contribution in [2.24, 2.45) is 0 Å². The molecule has 9 heteroatoms. The lowest BCUT2D eigenvalue weighted by atomic mass is 10.1. The highest BCUT2D eigenvalue weighted by molar-refractivity contribution is 7.17. The molecule has 3 aromatic heterocycles. The number of benzene rings is 1. The first-order valence-electron chi connectivity index (χ1n) is 10.1. The fourth-order valence-corrected chi connectivity index (χ4v) is 4.09. The zero-order valence-corrected chi connectivity index (χ0v) is 18.4. The van der Waals surface area contributed by atoms with Crippen LogP contribution in [0.3, 0.4) is 0 Å². The van der Waals surface area contributed by atoms with E-state index in [1.54, 1.807) is 0 Å². The highest BCUT2D eigenvalue weighted by atomic mass is 32.1. The highest BCUT2D eigenvalue weighted by Crippen LogP contribution is 2.24. The summed E-state index contributed by atoms with van der Waals surface area (Å²) in [5.74, 6) is 0.356. The van der Waals surface area contributed by atoms with Crippen molar-refractivity contribution >= 4 is 49.9 Å². The largest absolute Gasteiger partial charge is 0.382 e. The molecule has 4 rings (SSSR count). The van der Waals surface area contributed by atoms with Gasteiger partial charge in [-0.25, -0.2) is 15.0 Å². The summed E-state index contributed by atoms with van der Waals surface area (Å²) < 4.78 is 0.781. The summed E-state index contributed by atoms with van der Waals surface area (Å²) in [5.41, 5.74) is 7.53. The van der Waals surface area contributed by atoms with Crippen LogP contribution in [-0.4, -0.2) is 52.9 Å². The van der Waals surface area contributed by atoms with E-state index in [1.807, 2.05) is 41.8 Å². The molecule has 4 aromatic rings. The van der Waals surface area contributed by atoms with Crippen molar-refractivity contribution in [1.82, 2.24) is 25.2 Å². The van der Waals surface area contributed by atoms with Crippen LogP contribution in [0.1, 0.15) is 22.7 Å². The Hall–Kier alpha value is -3.14. The van der Waals surface area contributed by atoms with Gasteiger partial charge in [0.25, 0.3) is 5.91 Å². The quantitative estimate of drug-likeness (QED) is 0.365. The van der Waals surface area contributed by atoms with Gasteiger partial charge in [-0.2, -0.15) is 0 Å². The lowest BCUT2D eigenvalue weighted by Gasteiger charge is -2.12. The number of aromatic nitrogens is 3. The van der Waals surface area contributed by atoms with Crippen LogP contribution in [0.2, 0.25) is 0 Å². The molecule has 0 aliphatic heterocycles. The number of hydrogen-bond acceptors (Lipinski definition) is 8. The Kier molecular flexibility index (Phi) is 6.36. The van der Waals surface area contributed by atoms with Crippen LogP contribution in [0.4, 0.5) is 11.6 Å². The first-order valence-corrected chi connectivity index (χ1v) is 11.0. The van der Waals surface area contributed by atoms with E-state index in [9.17, 15) is 4.79 Å². The summed E-state index contributed by atoms with van der Waals surface area (Å²) in [5, 5.41) is 10.2. The monoisotopic (exact) mass is 435 g/mol. The van der Waals surface area contributed by atoms with E-state index in [2.05, 4.69) is 44.6 Å². The van der Waals surface area contributed by atoms with Gasteiger partial charge in [0.2, 0.25) is 5.82 Å². The van der Waals surface area contributed by atoms with Crippen LogP contribution in [0.25, 0.3) is 21.0 Å². The minimum absolute atomic E-state index is 0.0294. The Bertz CT molecular complexity index is 1220. The number of carbonyl (C=O) groups excluding carboxylic acids is 1. The Morgan fingerprint density at radius 2 is 2.00 bits per heavy atom. The molecule has 1 amide bonds. The average Bonchev–Trinajstić information content (AvgIpc) is 3.22. The summed E-state index contributed by atoms with van der Waals surface area (Å²) in [6, 6.07) is 11.7. The summed E-state index contributed by atoms with van der Waals surface area (Å²) in [4.78, 5) is 28.1. The van der Waals surface area contributed by atoms with Crippen molar-refractivity contribution in [2.75, 3.05) is 38.2 Å². The van der Waals surface area contributed by atoms with Gasteiger partial charge in [0, 0.05) is 11.9 Å². The fraction of sp³-hybridized carbons (Fsp3) is 0.273. The summed E-state index contributed by atoms with van der Waals surface area (Å²) in [7, 11) is 4.13. The van der Waals surface area contributed by atoms with Crippen molar-refractivity contribution in [3.63, 3.8) is 0 Å². The predicted molar refractivity (Wildman–Crippen MR) is 126 cm³/mol. The van der Waals surface area contributed by atoms with E-state index in [1.165, 1.54) is 11.3 Å². The van der Waals surface area contributed by atoms with E-state index in [0.717, 1.165) is 40.7 Å². The molecule has 1 aromatic carbocycles. The molecule has 0 atom stereocenters. The van der Waals surface area contributed by atoms with Crippen molar-refractivity contribution in [1.29, 1.82) is 0 Å². The molecule has 0 saturated carbocycles. The van der Waals surface area contributed by atoms with Crippen molar-refractivity contribution in [2.45, 2.75) is 13.0 Å². The number of anilines is 2. The van der Waals surface area contributed by atoms with Gasteiger partial charge in [0.1, 0.15) is 11.6 Å². The minimum atomic E-state index is -0.438. The van der Waals surface area contributed by atoms with E-state index in [0.29, 0.717) is 23.7 Å². The molecule has 4 N–H and O–H groups in total. The molecule has 0 aliphatic rings. The second-order valence-corrected chi connectivity index (χ2v) is 8.45. The number of fused-ring (bicyclic) bond motifs is 2. The lowest BCUT2D eigenvalue weighted by Crippen LogP contribution is -2.22. The highest BCUT2D eigenvalue weighted by Gasteiger charge is 2.15. The summed E-state index contributed by atoms with van der Waals surface area (Å²) in [6.07, 6.45) is 1.05. The first-order chi connectivity index (χ1) is 15.0. The van der Waals surface area contributed by atoms with Gasteiger partial charge in [-0.15, -0.1) is 11.3 Å². The normalized spacial score (nSPS) is 11.5. The Labute approximate surface area is 184 Å². The van der Waals surface area contributed by atoms with Crippen molar-refractivity contribution in [3.05, 3.63) is 53.3 Å². The van der Waals surface area contributed by atoms with Crippen LogP contribution >= 0.6 is 11.3 Å². The van der Waals surface area contributed by atoms with E-state index in [-0.39, 0.29) is 5.82 Å². The first kappa shape index (κ1) is 21.1. The Morgan fingerprint density at radius 1 is 1.16 bits per heavy atom. The fourth-order valence-electron chi connectivity index (χ4n) is 3.36. The molecule has 0 bridgehead atoms. The van der Waals surface area contributed by atoms with Crippen LogP contribution in [0, 0.1) is 0 Å². The smallest absolute Gasteiger partial charge is 0.294 e. The molecule has 0 radical (unpaired) electrons. The zero-order chi connectivity index (χ0) is 21.8. The zero-order valence-electron chi connectivity index (χ0n) is 17.6. The molecule has 160 valence electrons. The summed E-state index contributed by atoms with van der Waals surface area (Å²) >= 11 is 1.45. The van der Waals surface area contributed by atoms with Gasteiger partial charge in [-0.1, -0.05) is 24.3 Å². The number of nitrogens with zero attached hydrogens (tertiary/aromatic N) is 4. The molecule has 0 aliphatic carbocycles. The molecule has 0 spiro atoms. The standard InChI is InChI=1S/C22H25N7OS/c1-29(2)10-5-9-24-13-17-15-7-4-3-6-14(15)12-18(25-17)27-22(30)21-26-16-8-11-31-19(16)20(23)28-21/h3-4,6-8,11-12,24H,5,9-10,13H2,1-2H3,(H2,23,26,28)(H,25,27,30). The average molecular weight is 436 g/mol. The minimum Gasteiger partial charge on any atom is -0.382 e. The van der Waals surface area contributed by atoms with Gasteiger partial charge < -0.3 is 21.3 Å². The lowest BCUT2D eigenvalue weighted by molar-refractivity contribution is 0.101. The van der Waals surface area contributed by atoms with Crippen molar-refractivity contribution in [3.8, 4) is 0 Å². The molecule has 0 fully saturated rings. The van der Waals surface area contributed by atoms with Gasteiger partial charge >= 0.3 is 0 Å². The third-order valence-electron chi connectivity index (χ3n) is 4.85. The number of rotatable bonds is 8.